The molecule has 0 saturated heterocycles. The number of benzene rings is 1. The first-order chi connectivity index (χ1) is 7.88. The minimum Gasteiger partial charge on any atom is -0.496 e. The van der Waals surface area contributed by atoms with Crippen molar-refractivity contribution in [2.24, 2.45) is 5.73 Å². The molecule has 0 heterocycles. The van der Waals surface area contributed by atoms with Crippen molar-refractivity contribution in [1.82, 2.24) is 4.90 Å². The van der Waals surface area contributed by atoms with Crippen molar-refractivity contribution in [2.45, 2.75) is 19.9 Å². The summed E-state index contributed by atoms with van der Waals surface area (Å²) in [7, 11) is 5.26. The van der Waals surface area contributed by atoms with Gasteiger partial charge in [-0.3, -0.25) is 9.69 Å². The number of nitrogens with zero attached hydrogens (tertiary/aromatic N) is 1. The highest BCUT2D eigenvalue weighted by Crippen LogP contribution is 2.32. The fourth-order valence-corrected chi connectivity index (χ4v) is 2.11. The van der Waals surface area contributed by atoms with Gasteiger partial charge in [-0.05, 0) is 45.1 Å². The van der Waals surface area contributed by atoms with Crippen LogP contribution >= 0.6 is 0 Å². The van der Waals surface area contributed by atoms with Gasteiger partial charge in [0.05, 0.1) is 7.11 Å². The Morgan fingerprint density at radius 1 is 1.35 bits per heavy atom. The molecule has 0 fully saturated rings. The van der Waals surface area contributed by atoms with E-state index in [9.17, 15) is 4.79 Å². The van der Waals surface area contributed by atoms with Crippen molar-refractivity contribution in [1.29, 1.82) is 0 Å². The summed E-state index contributed by atoms with van der Waals surface area (Å²) in [4.78, 5) is 13.4. The second-order valence-corrected chi connectivity index (χ2v) is 4.47. The van der Waals surface area contributed by atoms with Gasteiger partial charge in [-0.15, -0.1) is 0 Å². The quantitative estimate of drug-likeness (QED) is 0.859. The minimum atomic E-state index is -0.467. The molecule has 17 heavy (non-hydrogen) atoms. The van der Waals surface area contributed by atoms with Crippen LogP contribution in [0.4, 0.5) is 0 Å². The van der Waals surface area contributed by atoms with E-state index in [1.165, 1.54) is 0 Å². The van der Waals surface area contributed by atoms with Gasteiger partial charge in [0.2, 0.25) is 5.91 Å². The van der Waals surface area contributed by atoms with E-state index in [4.69, 9.17) is 10.5 Å². The third-order valence-electron chi connectivity index (χ3n) is 2.77. The summed E-state index contributed by atoms with van der Waals surface area (Å²) in [5.41, 5.74) is 8.42. The molecular formula is C13H20N2O2. The third kappa shape index (κ3) is 2.77. The van der Waals surface area contributed by atoms with Crippen molar-refractivity contribution in [3.8, 4) is 5.75 Å². The summed E-state index contributed by atoms with van der Waals surface area (Å²) >= 11 is 0. The zero-order chi connectivity index (χ0) is 13.2. The number of hydrogen-bond donors (Lipinski definition) is 1. The molecule has 0 aliphatic heterocycles. The van der Waals surface area contributed by atoms with Gasteiger partial charge in [0.25, 0.3) is 0 Å². The molecule has 0 spiro atoms. The fourth-order valence-electron chi connectivity index (χ4n) is 2.11. The smallest absolute Gasteiger partial charge is 0.239 e. The zero-order valence-electron chi connectivity index (χ0n) is 11.1. The van der Waals surface area contributed by atoms with Gasteiger partial charge in [-0.2, -0.15) is 0 Å². The Balaban J connectivity index is 3.41. The molecule has 0 saturated carbocycles. The summed E-state index contributed by atoms with van der Waals surface area (Å²) < 4.78 is 5.35. The molecule has 0 aliphatic rings. The first-order valence-electron chi connectivity index (χ1n) is 5.49. The van der Waals surface area contributed by atoms with Gasteiger partial charge in [-0.25, -0.2) is 0 Å². The Bertz CT molecular complexity index is 428. The molecule has 0 aromatic heterocycles. The summed E-state index contributed by atoms with van der Waals surface area (Å²) in [5, 5.41) is 0. The van der Waals surface area contributed by atoms with Gasteiger partial charge in [0.1, 0.15) is 11.8 Å². The average Bonchev–Trinajstić information content (AvgIpc) is 2.20. The van der Waals surface area contributed by atoms with Crippen LogP contribution in [0, 0.1) is 13.8 Å². The number of methoxy groups -OCH3 is 1. The van der Waals surface area contributed by atoms with Crippen molar-refractivity contribution < 1.29 is 9.53 Å². The standard InChI is InChI=1S/C13H20N2O2/c1-8-6-9(2)11(10(7-8)17-5)12(13(14)16)15(3)4/h6-7,12H,1-5H3,(H2,14,16). The molecule has 1 atom stereocenters. The van der Waals surface area contributed by atoms with Gasteiger partial charge in [-0.1, -0.05) is 6.07 Å². The summed E-state index contributed by atoms with van der Waals surface area (Å²) in [6.07, 6.45) is 0. The number of rotatable bonds is 4. The molecule has 0 radical (unpaired) electrons. The highest BCUT2D eigenvalue weighted by atomic mass is 16.5. The van der Waals surface area contributed by atoms with Crippen molar-refractivity contribution in [2.75, 3.05) is 21.2 Å². The SMILES string of the molecule is COc1cc(C)cc(C)c1C(C(N)=O)N(C)C. The van der Waals surface area contributed by atoms with E-state index >= 15 is 0 Å². The predicted molar refractivity (Wildman–Crippen MR) is 68.1 cm³/mol. The number of amides is 1. The Morgan fingerprint density at radius 3 is 2.35 bits per heavy atom. The topological polar surface area (TPSA) is 55.6 Å². The lowest BCUT2D eigenvalue weighted by Crippen LogP contribution is -2.33. The number of aryl methyl sites for hydroxylation is 2. The molecule has 1 aromatic rings. The largest absolute Gasteiger partial charge is 0.496 e. The summed E-state index contributed by atoms with van der Waals surface area (Å²) in [6.45, 7) is 3.96. The molecule has 94 valence electrons. The van der Waals surface area contributed by atoms with Crippen LogP contribution in [0.2, 0.25) is 0 Å². The second-order valence-electron chi connectivity index (χ2n) is 4.47. The van der Waals surface area contributed by atoms with Crippen LogP contribution in [-0.2, 0) is 4.79 Å². The Kier molecular flexibility index (Phi) is 4.12. The number of likely N-dealkylation sites (N-methyl/N-ethyl adjacent to an activating group) is 1. The Labute approximate surface area is 102 Å². The van der Waals surface area contributed by atoms with E-state index < -0.39 is 6.04 Å². The van der Waals surface area contributed by atoms with E-state index in [0.717, 1.165) is 16.7 Å². The van der Waals surface area contributed by atoms with Gasteiger partial charge < -0.3 is 10.5 Å². The number of ether oxygens (including phenoxy) is 1. The first kappa shape index (κ1) is 13.5. The van der Waals surface area contributed by atoms with E-state index in [1.54, 1.807) is 12.0 Å². The highest BCUT2D eigenvalue weighted by molar-refractivity contribution is 5.83. The molecule has 4 heteroatoms. The lowest BCUT2D eigenvalue weighted by molar-refractivity contribution is -0.122. The second kappa shape index (κ2) is 5.19. The maximum atomic E-state index is 11.6. The highest BCUT2D eigenvalue weighted by Gasteiger charge is 2.25. The van der Waals surface area contributed by atoms with Crippen LogP contribution in [-0.4, -0.2) is 32.0 Å². The van der Waals surface area contributed by atoms with Gasteiger partial charge >= 0.3 is 0 Å². The first-order valence-corrected chi connectivity index (χ1v) is 5.49. The Hall–Kier alpha value is -1.55. The van der Waals surface area contributed by atoms with Crippen molar-refractivity contribution in [3.63, 3.8) is 0 Å². The van der Waals surface area contributed by atoms with Crippen LogP contribution < -0.4 is 10.5 Å². The van der Waals surface area contributed by atoms with E-state index in [1.807, 2.05) is 40.1 Å². The maximum Gasteiger partial charge on any atom is 0.239 e. The lowest BCUT2D eigenvalue weighted by Gasteiger charge is -2.25. The normalized spacial score (nSPS) is 12.6. The van der Waals surface area contributed by atoms with Crippen LogP contribution in [0.25, 0.3) is 0 Å². The van der Waals surface area contributed by atoms with Crippen LogP contribution in [0.1, 0.15) is 22.7 Å². The molecule has 2 N–H and O–H groups in total. The number of carbonyl (C=O) groups excluding carboxylic acids is 1. The predicted octanol–water partition coefficient (Wildman–Crippen LogP) is 1.40. The number of hydrogen-bond acceptors (Lipinski definition) is 3. The molecule has 1 aromatic carbocycles. The summed E-state index contributed by atoms with van der Waals surface area (Å²) in [6, 6.07) is 3.48. The van der Waals surface area contributed by atoms with E-state index in [-0.39, 0.29) is 5.91 Å². The zero-order valence-corrected chi connectivity index (χ0v) is 11.1. The van der Waals surface area contributed by atoms with E-state index in [0.29, 0.717) is 5.75 Å². The molecular weight excluding hydrogens is 216 g/mol. The van der Waals surface area contributed by atoms with Crippen LogP contribution in [0.15, 0.2) is 12.1 Å². The summed E-state index contributed by atoms with van der Waals surface area (Å²) in [5.74, 6) is 0.334. The number of nitrogens with two attached hydrogens (primary N) is 1. The fraction of sp³-hybridized carbons (Fsp3) is 0.462. The van der Waals surface area contributed by atoms with Crippen molar-refractivity contribution >= 4 is 5.91 Å². The van der Waals surface area contributed by atoms with Crippen molar-refractivity contribution in [3.05, 3.63) is 28.8 Å². The molecule has 4 nitrogen and oxygen atoms in total. The molecule has 0 aliphatic carbocycles. The third-order valence-corrected chi connectivity index (χ3v) is 2.77. The lowest BCUT2D eigenvalue weighted by atomic mass is 9.96. The molecule has 1 rings (SSSR count). The molecule has 0 bridgehead atoms. The van der Waals surface area contributed by atoms with Crippen LogP contribution in [0.5, 0.6) is 5.75 Å². The maximum absolute atomic E-state index is 11.6. The molecule has 1 unspecified atom stereocenters. The monoisotopic (exact) mass is 236 g/mol. The molecule has 1 amide bonds. The van der Waals surface area contributed by atoms with Gasteiger partial charge in [0.15, 0.2) is 0 Å². The number of carbonyl (C=O) groups is 1. The average molecular weight is 236 g/mol. The van der Waals surface area contributed by atoms with Crippen LogP contribution in [0.3, 0.4) is 0 Å². The van der Waals surface area contributed by atoms with E-state index in [2.05, 4.69) is 0 Å². The van der Waals surface area contributed by atoms with Gasteiger partial charge in [0, 0.05) is 5.56 Å². The minimum absolute atomic E-state index is 0.375. The Morgan fingerprint density at radius 2 is 1.94 bits per heavy atom. The number of primary amides is 1.